The summed E-state index contributed by atoms with van der Waals surface area (Å²) in [5.74, 6) is 0.168. The minimum Gasteiger partial charge on any atom is -0.380 e. The van der Waals surface area contributed by atoms with Crippen LogP contribution in [0, 0.1) is 6.92 Å². The number of aryl methyl sites for hydroxylation is 2. The van der Waals surface area contributed by atoms with Crippen LogP contribution in [0.25, 0.3) is 0 Å². The Kier molecular flexibility index (Phi) is 3.37. The summed E-state index contributed by atoms with van der Waals surface area (Å²) in [6.07, 6.45) is 2.01. The van der Waals surface area contributed by atoms with Gasteiger partial charge in [-0.05, 0) is 24.5 Å². The maximum atomic E-state index is 11.8. The van der Waals surface area contributed by atoms with Crippen LogP contribution >= 0.6 is 0 Å². The van der Waals surface area contributed by atoms with Crippen molar-refractivity contribution < 1.29 is 9.32 Å². The van der Waals surface area contributed by atoms with E-state index < -0.39 is 0 Å². The standard InChI is InChI=1S/C14H16N4O2/c1-9-16-13(18-20-9)14(19)15-8-11-7-6-10-4-2-3-5-12(10)17-11/h2-5,11,17H,6-8H2,1H3,(H,15,19). The number of aromatic nitrogens is 2. The quantitative estimate of drug-likeness (QED) is 0.885. The number of amides is 1. The van der Waals surface area contributed by atoms with Crippen LogP contribution in [0.15, 0.2) is 28.8 Å². The molecule has 104 valence electrons. The highest BCUT2D eigenvalue weighted by Crippen LogP contribution is 2.23. The number of fused-ring (bicyclic) bond motifs is 1. The topological polar surface area (TPSA) is 80.0 Å². The second kappa shape index (κ2) is 5.32. The molecular formula is C14H16N4O2. The van der Waals surface area contributed by atoms with E-state index in [1.165, 1.54) is 5.56 Å². The first kappa shape index (κ1) is 12.7. The third kappa shape index (κ3) is 2.64. The van der Waals surface area contributed by atoms with E-state index in [9.17, 15) is 4.79 Å². The zero-order valence-electron chi connectivity index (χ0n) is 11.2. The Morgan fingerprint density at radius 3 is 3.15 bits per heavy atom. The van der Waals surface area contributed by atoms with Crippen LogP contribution in [0.1, 0.15) is 28.5 Å². The maximum absolute atomic E-state index is 11.8. The van der Waals surface area contributed by atoms with Crippen molar-refractivity contribution in [1.29, 1.82) is 0 Å². The van der Waals surface area contributed by atoms with Gasteiger partial charge in [-0.1, -0.05) is 23.4 Å². The number of carbonyl (C=O) groups is 1. The van der Waals surface area contributed by atoms with E-state index in [4.69, 9.17) is 4.52 Å². The number of carbonyl (C=O) groups excluding carboxylic acids is 1. The Hall–Kier alpha value is -2.37. The molecule has 2 heterocycles. The molecule has 0 spiro atoms. The lowest BCUT2D eigenvalue weighted by Crippen LogP contribution is -2.39. The molecule has 1 aliphatic heterocycles. The summed E-state index contributed by atoms with van der Waals surface area (Å²) in [5, 5.41) is 9.85. The third-order valence-corrected chi connectivity index (χ3v) is 3.38. The van der Waals surface area contributed by atoms with Crippen molar-refractivity contribution in [3.63, 3.8) is 0 Å². The Morgan fingerprint density at radius 1 is 1.50 bits per heavy atom. The maximum Gasteiger partial charge on any atom is 0.292 e. The lowest BCUT2D eigenvalue weighted by atomic mass is 9.98. The lowest BCUT2D eigenvalue weighted by Gasteiger charge is -2.27. The van der Waals surface area contributed by atoms with Crippen LogP contribution in [-0.2, 0) is 6.42 Å². The molecule has 1 aromatic carbocycles. The average molecular weight is 272 g/mol. The van der Waals surface area contributed by atoms with Crippen molar-refractivity contribution in [2.24, 2.45) is 0 Å². The number of nitrogens with one attached hydrogen (secondary N) is 2. The Labute approximate surface area is 116 Å². The predicted molar refractivity (Wildman–Crippen MR) is 73.5 cm³/mol. The highest BCUT2D eigenvalue weighted by atomic mass is 16.5. The summed E-state index contributed by atoms with van der Waals surface area (Å²) in [6, 6.07) is 8.46. The van der Waals surface area contributed by atoms with Gasteiger partial charge < -0.3 is 15.2 Å². The molecule has 0 saturated heterocycles. The summed E-state index contributed by atoms with van der Waals surface area (Å²) in [7, 11) is 0. The molecule has 1 aliphatic rings. The Bertz CT molecular complexity index is 623. The van der Waals surface area contributed by atoms with Gasteiger partial charge in [0.25, 0.3) is 11.7 Å². The molecule has 1 amide bonds. The van der Waals surface area contributed by atoms with E-state index in [1.807, 2.05) is 12.1 Å². The summed E-state index contributed by atoms with van der Waals surface area (Å²) < 4.78 is 4.79. The summed E-state index contributed by atoms with van der Waals surface area (Å²) >= 11 is 0. The molecule has 3 rings (SSSR count). The van der Waals surface area contributed by atoms with E-state index >= 15 is 0 Å². The van der Waals surface area contributed by atoms with E-state index in [1.54, 1.807) is 6.92 Å². The van der Waals surface area contributed by atoms with Crippen molar-refractivity contribution in [2.45, 2.75) is 25.8 Å². The minimum absolute atomic E-state index is 0.0821. The second-order valence-electron chi connectivity index (χ2n) is 4.88. The van der Waals surface area contributed by atoms with Gasteiger partial charge in [0.1, 0.15) is 0 Å². The van der Waals surface area contributed by atoms with Gasteiger partial charge in [0.05, 0.1) is 0 Å². The van der Waals surface area contributed by atoms with E-state index in [-0.39, 0.29) is 17.8 Å². The SMILES string of the molecule is Cc1nc(C(=O)NCC2CCc3ccccc3N2)no1. The van der Waals surface area contributed by atoms with Crippen molar-refractivity contribution in [3.05, 3.63) is 41.5 Å². The molecular weight excluding hydrogens is 256 g/mol. The smallest absolute Gasteiger partial charge is 0.292 e. The number of nitrogens with zero attached hydrogens (tertiary/aromatic N) is 2. The average Bonchev–Trinajstić information content (AvgIpc) is 2.91. The van der Waals surface area contributed by atoms with Crippen molar-refractivity contribution in [2.75, 3.05) is 11.9 Å². The van der Waals surface area contributed by atoms with E-state index in [2.05, 4.69) is 32.9 Å². The molecule has 0 fully saturated rings. The molecule has 1 aromatic heterocycles. The van der Waals surface area contributed by atoms with Gasteiger partial charge in [0, 0.05) is 25.2 Å². The largest absolute Gasteiger partial charge is 0.380 e. The fourth-order valence-electron chi connectivity index (χ4n) is 2.34. The van der Waals surface area contributed by atoms with Crippen LogP contribution < -0.4 is 10.6 Å². The molecule has 0 bridgehead atoms. The van der Waals surface area contributed by atoms with Gasteiger partial charge in [0.2, 0.25) is 5.89 Å². The van der Waals surface area contributed by atoms with Gasteiger partial charge in [-0.3, -0.25) is 4.79 Å². The summed E-state index contributed by atoms with van der Waals surface area (Å²) in [5.41, 5.74) is 2.47. The fourth-order valence-corrected chi connectivity index (χ4v) is 2.34. The molecule has 0 aliphatic carbocycles. The van der Waals surface area contributed by atoms with Crippen molar-refractivity contribution >= 4 is 11.6 Å². The summed E-state index contributed by atoms with van der Waals surface area (Å²) in [6.45, 7) is 2.20. The van der Waals surface area contributed by atoms with E-state index in [0.717, 1.165) is 18.5 Å². The van der Waals surface area contributed by atoms with Crippen LogP contribution in [0.4, 0.5) is 5.69 Å². The minimum atomic E-state index is -0.303. The molecule has 6 nitrogen and oxygen atoms in total. The van der Waals surface area contributed by atoms with Crippen LogP contribution in [0.2, 0.25) is 0 Å². The zero-order chi connectivity index (χ0) is 13.9. The number of benzene rings is 1. The molecule has 1 atom stereocenters. The molecule has 0 saturated carbocycles. The van der Waals surface area contributed by atoms with Crippen LogP contribution in [-0.4, -0.2) is 28.6 Å². The predicted octanol–water partition coefficient (Wildman–Crippen LogP) is 1.53. The first-order valence-electron chi connectivity index (χ1n) is 6.65. The number of anilines is 1. The summed E-state index contributed by atoms with van der Waals surface area (Å²) in [4.78, 5) is 15.7. The van der Waals surface area contributed by atoms with Crippen LogP contribution in [0.5, 0.6) is 0 Å². The van der Waals surface area contributed by atoms with Crippen molar-refractivity contribution in [1.82, 2.24) is 15.5 Å². The number of hydrogen-bond acceptors (Lipinski definition) is 5. The van der Waals surface area contributed by atoms with Crippen LogP contribution in [0.3, 0.4) is 0 Å². The third-order valence-electron chi connectivity index (χ3n) is 3.38. The second-order valence-corrected chi connectivity index (χ2v) is 4.88. The highest BCUT2D eigenvalue weighted by molar-refractivity contribution is 5.90. The lowest BCUT2D eigenvalue weighted by molar-refractivity contribution is 0.0938. The number of hydrogen-bond donors (Lipinski definition) is 2. The molecule has 2 N–H and O–H groups in total. The molecule has 0 radical (unpaired) electrons. The number of para-hydroxylation sites is 1. The van der Waals surface area contributed by atoms with Gasteiger partial charge in [-0.2, -0.15) is 4.98 Å². The highest BCUT2D eigenvalue weighted by Gasteiger charge is 2.19. The van der Waals surface area contributed by atoms with E-state index in [0.29, 0.717) is 12.4 Å². The normalized spacial score (nSPS) is 17.1. The van der Waals surface area contributed by atoms with Gasteiger partial charge in [0.15, 0.2) is 0 Å². The Morgan fingerprint density at radius 2 is 2.35 bits per heavy atom. The number of rotatable bonds is 3. The molecule has 2 aromatic rings. The first-order chi connectivity index (χ1) is 9.72. The van der Waals surface area contributed by atoms with Crippen molar-refractivity contribution in [3.8, 4) is 0 Å². The van der Waals surface area contributed by atoms with Gasteiger partial charge in [-0.15, -0.1) is 0 Å². The molecule has 6 heteroatoms. The van der Waals surface area contributed by atoms with Gasteiger partial charge in [-0.25, -0.2) is 0 Å². The Balaban J connectivity index is 1.56. The monoisotopic (exact) mass is 272 g/mol. The molecule has 20 heavy (non-hydrogen) atoms. The first-order valence-corrected chi connectivity index (χ1v) is 6.65. The fraction of sp³-hybridized carbons (Fsp3) is 0.357. The molecule has 1 unspecified atom stereocenters. The zero-order valence-corrected chi connectivity index (χ0v) is 11.2. The van der Waals surface area contributed by atoms with Gasteiger partial charge >= 0.3 is 0 Å².